The van der Waals surface area contributed by atoms with Crippen molar-refractivity contribution in [2.45, 2.75) is 0 Å². The number of hydrogen-bond acceptors (Lipinski definition) is 2. The molecule has 0 amide bonds. The topological polar surface area (TPSA) is 45.8 Å². The van der Waals surface area contributed by atoms with E-state index in [-0.39, 0.29) is 0 Å². The molecule has 0 atom stereocenters. The van der Waals surface area contributed by atoms with Crippen LogP contribution in [-0.4, -0.2) is 16.3 Å². The number of nitrogens with zero attached hydrogens (tertiary/aromatic N) is 1. The van der Waals surface area contributed by atoms with Crippen molar-refractivity contribution in [3.8, 4) is 0 Å². The normalized spacial score (nSPS) is 10.7. The minimum absolute atomic E-state index is 0.579. The SMILES string of the molecule is O=Cc1ccc(/C=C/c2ccccn2)[nH]1. The minimum atomic E-state index is 0.579. The van der Waals surface area contributed by atoms with Crippen LogP contribution in [0.15, 0.2) is 36.5 Å². The Bertz CT molecular complexity index is 471. The summed E-state index contributed by atoms with van der Waals surface area (Å²) in [4.78, 5) is 17.5. The molecule has 0 aliphatic heterocycles. The lowest BCUT2D eigenvalue weighted by Crippen LogP contribution is -1.79. The van der Waals surface area contributed by atoms with Gasteiger partial charge in [-0.25, -0.2) is 0 Å². The lowest BCUT2D eigenvalue weighted by molar-refractivity contribution is 0.111. The zero-order valence-corrected chi connectivity index (χ0v) is 8.05. The molecule has 0 aliphatic carbocycles. The summed E-state index contributed by atoms with van der Waals surface area (Å²) >= 11 is 0. The van der Waals surface area contributed by atoms with Gasteiger partial charge in [0.25, 0.3) is 0 Å². The second-order valence-corrected chi connectivity index (χ2v) is 3.07. The van der Waals surface area contributed by atoms with Crippen LogP contribution in [0.1, 0.15) is 21.9 Å². The third-order valence-corrected chi connectivity index (χ3v) is 1.98. The third kappa shape index (κ3) is 2.40. The van der Waals surface area contributed by atoms with E-state index in [0.717, 1.165) is 17.7 Å². The van der Waals surface area contributed by atoms with E-state index in [4.69, 9.17) is 0 Å². The minimum Gasteiger partial charge on any atom is -0.353 e. The fourth-order valence-electron chi connectivity index (χ4n) is 1.25. The fourth-order valence-corrected chi connectivity index (χ4v) is 1.25. The van der Waals surface area contributed by atoms with Gasteiger partial charge in [0.1, 0.15) is 0 Å². The third-order valence-electron chi connectivity index (χ3n) is 1.98. The van der Waals surface area contributed by atoms with Crippen molar-refractivity contribution in [1.29, 1.82) is 0 Å². The Kier molecular flexibility index (Phi) is 2.74. The van der Waals surface area contributed by atoms with Crippen molar-refractivity contribution in [3.05, 3.63) is 53.6 Å². The molecule has 74 valence electrons. The van der Waals surface area contributed by atoms with E-state index in [0.29, 0.717) is 5.69 Å². The highest BCUT2D eigenvalue weighted by Crippen LogP contribution is 2.05. The number of carbonyl (C=O) groups is 1. The highest BCUT2D eigenvalue weighted by atomic mass is 16.1. The Hall–Kier alpha value is -2.16. The monoisotopic (exact) mass is 198 g/mol. The van der Waals surface area contributed by atoms with Gasteiger partial charge in [0.2, 0.25) is 0 Å². The van der Waals surface area contributed by atoms with Gasteiger partial charge in [0, 0.05) is 11.9 Å². The Morgan fingerprint density at radius 3 is 2.60 bits per heavy atom. The quantitative estimate of drug-likeness (QED) is 0.769. The number of rotatable bonds is 3. The number of aromatic amines is 1. The molecule has 0 saturated carbocycles. The highest BCUT2D eigenvalue weighted by molar-refractivity contribution is 5.74. The van der Waals surface area contributed by atoms with E-state index < -0.39 is 0 Å². The predicted octanol–water partition coefficient (Wildman–Crippen LogP) is 2.39. The van der Waals surface area contributed by atoms with Gasteiger partial charge in [-0.05, 0) is 36.4 Å². The Morgan fingerprint density at radius 1 is 1.07 bits per heavy atom. The van der Waals surface area contributed by atoms with Crippen molar-refractivity contribution in [2.24, 2.45) is 0 Å². The first-order valence-corrected chi connectivity index (χ1v) is 4.62. The van der Waals surface area contributed by atoms with Gasteiger partial charge >= 0.3 is 0 Å². The summed E-state index contributed by atoms with van der Waals surface area (Å²) < 4.78 is 0. The van der Waals surface area contributed by atoms with Crippen LogP contribution in [0.5, 0.6) is 0 Å². The fraction of sp³-hybridized carbons (Fsp3) is 0. The molecular weight excluding hydrogens is 188 g/mol. The average Bonchev–Trinajstić information content (AvgIpc) is 2.76. The Labute approximate surface area is 87.5 Å². The summed E-state index contributed by atoms with van der Waals surface area (Å²) in [5.41, 5.74) is 2.36. The maximum atomic E-state index is 10.4. The summed E-state index contributed by atoms with van der Waals surface area (Å²) in [6, 6.07) is 9.31. The van der Waals surface area contributed by atoms with Gasteiger partial charge in [-0.15, -0.1) is 0 Å². The Balaban J connectivity index is 2.15. The van der Waals surface area contributed by atoms with E-state index in [1.165, 1.54) is 0 Å². The highest BCUT2D eigenvalue weighted by Gasteiger charge is 1.92. The number of hydrogen-bond donors (Lipinski definition) is 1. The van der Waals surface area contributed by atoms with E-state index in [1.54, 1.807) is 12.3 Å². The largest absolute Gasteiger partial charge is 0.353 e. The molecule has 0 aliphatic rings. The van der Waals surface area contributed by atoms with Gasteiger partial charge < -0.3 is 4.98 Å². The molecule has 15 heavy (non-hydrogen) atoms. The van der Waals surface area contributed by atoms with Gasteiger partial charge in [0.05, 0.1) is 11.4 Å². The standard InChI is InChI=1S/C12H10N2O/c15-9-12-7-6-11(14-12)5-4-10-3-1-2-8-13-10/h1-9,14H/b5-4+. The summed E-state index contributed by atoms with van der Waals surface area (Å²) in [5, 5.41) is 0. The van der Waals surface area contributed by atoms with Crippen molar-refractivity contribution in [1.82, 2.24) is 9.97 Å². The molecule has 2 aromatic rings. The molecular formula is C12H10N2O. The zero-order chi connectivity index (χ0) is 10.5. The average molecular weight is 198 g/mol. The molecule has 0 unspecified atom stereocenters. The maximum Gasteiger partial charge on any atom is 0.166 e. The van der Waals surface area contributed by atoms with Crippen molar-refractivity contribution < 1.29 is 4.79 Å². The molecule has 2 heterocycles. The van der Waals surface area contributed by atoms with Crippen LogP contribution in [0, 0.1) is 0 Å². The summed E-state index contributed by atoms with van der Waals surface area (Å²) in [7, 11) is 0. The maximum absolute atomic E-state index is 10.4. The van der Waals surface area contributed by atoms with E-state index >= 15 is 0 Å². The number of nitrogens with one attached hydrogen (secondary N) is 1. The molecule has 1 N–H and O–H groups in total. The van der Waals surface area contributed by atoms with Crippen LogP contribution in [-0.2, 0) is 0 Å². The Morgan fingerprint density at radius 2 is 1.93 bits per heavy atom. The molecule has 2 aromatic heterocycles. The molecule has 3 nitrogen and oxygen atoms in total. The first kappa shape index (κ1) is 9.40. The van der Waals surface area contributed by atoms with Crippen molar-refractivity contribution in [3.63, 3.8) is 0 Å². The van der Waals surface area contributed by atoms with Crippen LogP contribution in [0.2, 0.25) is 0 Å². The summed E-state index contributed by atoms with van der Waals surface area (Å²) in [6.07, 6.45) is 6.30. The van der Waals surface area contributed by atoms with E-state index in [1.807, 2.05) is 36.4 Å². The van der Waals surface area contributed by atoms with Gasteiger partial charge in [-0.1, -0.05) is 6.07 Å². The molecule has 2 rings (SSSR count). The lowest BCUT2D eigenvalue weighted by atomic mass is 10.3. The first-order valence-electron chi connectivity index (χ1n) is 4.62. The van der Waals surface area contributed by atoms with Gasteiger partial charge in [-0.3, -0.25) is 9.78 Å². The number of H-pyrrole nitrogens is 1. The second-order valence-electron chi connectivity index (χ2n) is 3.07. The zero-order valence-electron chi connectivity index (χ0n) is 8.05. The van der Waals surface area contributed by atoms with Gasteiger partial charge in [-0.2, -0.15) is 0 Å². The first-order chi connectivity index (χ1) is 7.38. The van der Waals surface area contributed by atoms with E-state index in [9.17, 15) is 4.79 Å². The predicted molar refractivity (Wildman–Crippen MR) is 59.3 cm³/mol. The van der Waals surface area contributed by atoms with Crippen LogP contribution in [0.25, 0.3) is 12.2 Å². The smallest absolute Gasteiger partial charge is 0.166 e. The van der Waals surface area contributed by atoms with Crippen LogP contribution in [0.4, 0.5) is 0 Å². The molecule has 0 bridgehead atoms. The molecule has 0 spiro atoms. The van der Waals surface area contributed by atoms with Crippen molar-refractivity contribution in [2.75, 3.05) is 0 Å². The lowest BCUT2D eigenvalue weighted by Gasteiger charge is -1.89. The summed E-state index contributed by atoms with van der Waals surface area (Å²) in [5.74, 6) is 0. The second kappa shape index (κ2) is 4.37. The molecule has 3 heteroatoms. The van der Waals surface area contributed by atoms with E-state index in [2.05, 4.69) is 9.97 Å². The molecule has 0 saturated heterocycles. The van der Waals surface area contributed by atoms with Crippen LogP contribution < -0.4 is 0 Å². The number of aldehydes is 1. The van der Waals surface area contributed by atoms with Crippen molar-refractivity contribution >= 4 is 18.4 Å². The number of carbonyl (C=O) groups excluding carboxylic acids is 1. The number of aromatic nitrogens is 2. The van der Waals surface area contributed by atoms with Crippen LogP contribution >= 0.6 is 0 Å². The van der Waals surface area contributed by atoms with Crippen LogP contribution in [0.3, 0.4) is 0 Å². The molecule has 0 radical (unpaired) electrons. The number of pyridine rings is 1. The molecule has 0 fully saturated rings. The van der Waals surface area contributed by atoms with Gasteiger partial charge in [0.15, 0.2) is 6.29 Å². The summed E-state index contributed by atoms with van der Waals surface area (Å²) in [6.45, 7) is 0. The molecule has 0 aromatic carbocycles.